The van der Waals surface area contributed by atoms with Crippen LogP contribution in [-0.2, 0) is 12.0 Å². The Bertz CT molecular complexity index is 1040. The van der Waals surface area contributed by atoms with E-state index in [2.05, 4.69) is 49.1 Å². The van der Waals surface area contributed by atoms with Crippen molar-refractivity contribution in [3.8, 4) is 0 Å². The topological polar surface area (TPSA) is 46.3 Å². The molecule has 2 aromatic carbocycles. The molecule has 1 aliphatic carbocycles. The smallest absolute Gasteiger partial charge is 0.248 e. The van der Waals surface area contributed by atoms with Gasteiger partial charge in [0, 0.05) is 25.1 Å². The zero-order valence-corrected chi connectivity index (χ0v) is 18.4. The number of allylic oxidation sites excluding steroid dienone is 4. The summed E-state index contributed by atoms with van der Waals surface area (Å²) in [5.74, 6) is 0.0371. The van der Waals surface area contributed by atoms with Crippen LogP contribution in [0, 0.1) is 5.92 Å². The zero-order valence-electron chi connectivity index (χ0n) is 18.4. The van der Waals surface area contributed by atoms with Crippen LogP contribution in [0.25, 0.3) is 5.57 Å². The fourth-order valence-electron chi connectivity index (χ4n) is 4.90. The number of carbonyl (C=O) groups is 1. The van der Waals surface area contributed by atoms with Crippen LogP contribution in [0.4, 0.5) is 4.39 Å². The van der Waals surface area contributed by atoms with Crippen LogP contribution in [0.3, 0.4) is 0 Å². The average Bonchev–Trinajstić information content (AvgIpc) is 2.77. The first-order valence-corrected chi connectivity index (χ1v) is 11.1. The second-order valence-electron chi connectivity index (χ2n) is 9.25. The van der Waals surface area contributed by atoms with Gasteiger partial charge in [-0.3, -0.25) is 9.69 Å². The van der Waals surface area contributed by atoms with E-state index >= 15 is 0 Å². The van der Waals surface area contributed by atoms with Gasteiger partial charge >= 0.3 is 0 Å². The van der Waals surface area contributed by atoms with E-state index in [1.54, 1.807) is 12.1 Å². The van der Waals surface area contributed by atoms with Crippen LogP contribution in [0.15, 0.2) is 66.5 Å². The number of amides is 1. The Labute approximate surface area is 184 Å². The van der Waals surface area contributed by atoms with Crippen molar-refractivity contribution in [3.63, 3.8) is 0 Å². The van der Waals surface area contributed by atoms with Gasteiger partial charge in [-0.2, -0.15) is 0 Å². The number of primary amides is 1. The summed E-state index contributed by atoms with van der Waals surface area (Å²) < 4.78 is 13.3. The molecule has 0 saturated carbocycles. The Kier molecular flexibility index (Phi) is 6.10. The molecule has 2 aliphatic rings. The number of likely N-dealkylation sites (tertiary alicyclic amines) is 1. The predicted molar refractivity (Wildman–Crippen MR) is 124 cm³/mol. The number of rotatable bonds is 5. The molecule has 1 amide bonds. The van der Waals surface area contributed by atoms with Crippen molar-refractivity contribution in [1.82, 2.24) is 4.90 Å². The van der Waals surface area contributed by atoms with Gasteiger partial charge in [-0.25, -0.2) is 4.39 Å². The molecule has 2 aromatic rings. The Morgan fingerprint density at radius 3 is 2.68 bits per heavy atom. The van der Waals surface area contributed by atoms with E-state index in [-0.39, 0.29) is 17.1 Å². The fourth-order valence-corrected chi connectivity index (χ4v) is 4.90. The highest BCUT2D eigenvalue weighted by molar-refractivity contribution is 5.93. The number of benzene rings is 2. The molecule has 1 heterocycles. The second-order valence-corrected chi connectivity index (χ2v) is 9.25. The lowest BCUT2D eigenvalue weighted by atomic mass is 9.67. The minimum Gasteiger partial charge on any atom is -0.366 e. The molecule has 1 fully saturated rings. The van der Waals surface area contributed by atoms with Crippen LogP contribution in [0.1, 0.15) is 60.2 Å². The Morgan fingerprint density at radius 2 is 1.97 bits per heavy atom. The van der Waals surface area contributed by atoms with E-state index in [1.807, 2.05) is 18.2 Å². The van der Waals surface area contributed by atoms with Crippen LogP contribution in [0.5, 0.6) is 0 Å². The van der Waals surface area contributed by atoms with Gasteiger partial charge in [0.15, 0.2) is 0 Å². The minimum absolute atomic E-state index is 0.0210. The molecule has 1 saturated heterocycles. The third-order valence-electron chi connectivity index (χ3n) is 7.18. The van der Waals surface area contributed by atoms with Crippen molar-refractivity contribution in [3.05, 3.63) is 88.8 Å². The summed E-state index contributed by atoms with van der Waals surface area (Å²) in [6, 6.07) is 16.5. The lowest BCUT2D eigenvalue weighted by Gasteiger charge is -2.45. The van der Waals surface area contributed by atoms with Crippen LogP contribution in [0.2, 0.25) is 0 Å². The first-order valence-electron chi connectivity index (χ1n) is 11.1. The number of halogens is 1. The maximum atomic E-state index is 13.3. The fraction of sp³-hybridized carbons (Fsp3) is 0.370. The predicted octanol–water partition coefficient (Wildman–Crippen LogP) is 5.62. The number of piperidine rings is 1. The molecule has 2 atom stereocenters. The maximum Gasteiger partial charge on any atom is 0.248 e. The zero-order chi connectivity index (χ0) is 22.0. The monoisotopic (exact) mass is 418 g/mol. The van der Waals surface area contributed by atoms with Crippen molar-refractivity contribution in [2.75, 3.05) is 13.1 Å². The van der Waals surface area contributed by atoms with Crippen molar-refractivity contribution in [2.45, 2.75) is 45.1 Å². The quantitative estimate of drug-likeness (QED) is 0.685. The van der Waals surface area contributed by atoms with Crippen molar-refractivity contribution < 1.29 is 9.18 Å². The molecule has 3 nitrogen and oxygen atoms in total. The van der Waals surface area contributed by atoms with Crippen LogP contribution in [-0.4, -0.2) is 23.9 Å². The Balaban J connectivity index is 1.46. The summed E-state index contributed by atoms with van der Waals surface area (Å²) in [5.41, 5.74) is 11.0. The van der Waals surface area contributed by atoms with Crippen molar-refractivity contribution >= 4 is 11.5 Å². The van der Waals surface area contributed by atoms with E-state index in [0.717, 1.165) is 32.5 Å². The molecule has 31 heavy (non-hydrogen) atoms. The molecular weight excluding hydrogens is 387 g/mol. The molecule has 0 bridgehead atoms. The summed E-state index contributed by atoms with van der Waals surface area (Å²) in [5, 5.41) is 0. The first kappa shape index (κ1) is 21.5. The highest BCUT2D eigenvalue weighted by Gasteiger charge is 2.38. The van der Waals surface area contributed by atoms with E-state index in [0.29, 0.717) is 17.9 Å². The van der Waals surface area contributed by atoms with Crippen molar-refractivity contribution in [1.29, 1.82) is 0 Å². The molecule has 0 aromatic heterocycles. The summed E-state index contributed by atoms with van der Waals surface area (Å²) in [7, 11) is 0. The summed E-state index contributed by atoms with van der Waals surface area (Å²) >= 11 is 0. The molecule has 4 heteroatoms. The minimum atomic E-state index is -0.373. The van der Waals surface area contributed by atoms with Crippen LogP contribution >= 0.6 is 0 Å². The third kappa shape index (κ3) is 4.64. The number of nitrogens with zero attached hydrogens (tertiary/aromatic N) is 1. The molecule has 162 valence electrons. The van der Waals surface area contributed by atoms with Gasteiger partial charge in [0.1, 0.15) is 5.83 Å². The molecular formula is C27H31FN2O. The van der Waals surface area contributed by atoms with Gasteiger partial charge in [-0.15, -0.1) is 0 Å². The molecule has 4 rings (SSSR count). The molecule has 0 radical (unpaired) electrons. The van der Waals surface area contributed by atoms with Gasteiger partial charge in [-0.05, 0) is 71.2 Å². The molecule has 1 unspecified atom stereocenters. The van der Waals surface area contributed by atoms with E-state index < -0.39 is 0 Å². The molecule has 1 aliphatic heterocycles. The second kappa shape index (κ2) is 8.80. The largest absolute Gasteiger partial charge is 0.366 e. The molecule has 2 N–H and O–H groups in total. The van der Waals surface area contributed by atoms with Crippen molar-refractivity contribution in [2.24, 2.45) is 11.7 Å². The SMILES string of the molecule is CC1CN(Cc2cccc(C3=CC=C(F)CC3)c2)CC[C@@]1(C)c1cccc(C(N)=O)c1. The average molecular weight is 419 g/mol. The number of carbonyl (C=O) groups excluding carboxylic acids is 1. The number of nitrogens with two attached hydrogens (primary N) is 1. The summed E-state index contributed by atoms with van der Waals surface area (Å²) in [4.78, 5) is 14.1. The summed E-state index contributed by atoms with van der Waals surface area (Å²) in [6.07, 6.45) is 5.79. The van der Waals surface area contributed by atoms with Gasteiger partial charge < -0.3 is 5.73 Å². The van der Waals surface area contributed by atoms with Gasteiger partial charge in [0.05, 0.1) is 0 Å². The highest BCUT2D eigenvalue weighted by Crippen LogP contribution is 2.40. The summed E-state index contributed by atoms with van der Waals surface area (Å²) in [6.45, 7) is 7.51. The Hall–Kier alpha value is -2.72. The van der Waals surface area contributed by atoms with Gasteiger partial charge in [-0.1, -0.05) is 56.3 Å². The molecule has 0 spiro atoms. The number of hydrogen-bond acceptors (Lipinski definition) is 2. The lowest BCUT2D eigenvalue weighted by Crippen LogP contribution is -2.47. The first-order chi connectivity index (χ1) is 14.8. The van der Waals surface area contributed by atoms with E-state index in [9.17, 15) is 9.18 Å². The lowest BCUT2D eigenvalue weighted by molar-refractivity contribution is 0.0996. The highest BCUT2D eigenvalue weighted by atomic mass is 19.1. The normalized spacial score (nSPS) is 24.4. The van der Waals surface area contributed by atoms with Gasteiger partial charge in [0.25, 0.3) is 0 Å². The van der Waals surface area contributed by atoms with Gasteiger partial charge in [0.2, 0.25) is 5.91 Å². The Morgan fingerprint density at radius 1 is 1.16 bits per heavy atom. The van der Waals surface area contributed by atoms with E-state index in [1.165, 1.54) is 22.3 Å². The van der Waals surface area contributed by atoms with E-state index in [4.69, 9.17) is 5.73 Å². The third-order valence-corrected chi connectivity index (χ3v) is 7.18. The number of hydrogen-bond donors (Lipinski definition) is 1. The standard InChI is InChI=1S/C27H31FN2O/c1-19-17-30(14-13-27(19,2)24-8-4-7-23(16-24)26(29)31)18-20-5-3-6-22(15-20)21-9-11-25(28)12-10-21/h3-9,11,15-16,19H,10,12-14,17-18H2,1-2H3,(H2,29,31)/t19?,27-/m1/s1. The van der Waals surface area contributed by atoms with Crippen LogP contribution < -0.4 is 5.73 Å². The maximum absolute atomic E-state index is 13.3.